The third-order valence-corrected chi connectivity index (χ3v) is 3.47. The maximum Gasteiger partial charge on any atom is 0.265 e. The Balaban J connectivity index is 2.02. The molecule has 2 N–H and O–H groups in total. The summed E-state index contributed by atoms with van der Waals surface area (Å²) in [7, 11) is 0. The van der Waals surface area contributed by atoms with Gasteiger partial charge in [-0.25, -0.2) is 0 Å². The van der Waals surface area contributed by atoms with Gasteiger partial charge in [-0.15, -0.1) is 0 Å². The molecule has 6 heteroatoms. The van der Waals surface area contributed by atoms with Gasteiger partial charge >= 0.3 is 0 Å². The molecule has 0 spiro atoms. The van der Waals surface area contributed by atoms with Gasteiger partial charge in [0, 0.05) is 22.4 Å². The zero-order valence-corrected chi connectivity index (χ0v) is 13.1. The van der Waals surface area contributed by atoms with Gasteiger partial charge in [0.15, 0.2) is 0 Å². The molecule has 1 heterocycles. The van der Waals surface area contributed by atoms with Crippen LogP contribution in [-0.4, -0.2) is 11.2 Å². The molecule has 19 heavy (non-hydrogen) atoms. The van der Waals surface area contributed by atoms with E-state index in [-0.39, 0.29) is 5.56 Å². The third-order valence-electron chi connectivity index (χ3n) is 2.47. The lowest BCUT2D eigenvalue weighted by Gasteiger charge is -2.09. The van der Waals surface area contributed by atoms with Crippen LogP contribution in [0.3, 0.4) is 0 Å². The van der Waals surface area contributed by atoms with Gasteiger partial charge in [-0.2, -0.15) is 0 Å². The summed E-state index contributed by atoms with van der Waals surface area (Å²) in [4.78, 5) is 11.8. The number of ether oxygens (including phenoxy) is 1. The van der Waals surface area contributed by atoms with E-state index < -0.39 is 0 Å². The normalized spacial score (nSPS) is 10.4. The zero-order chi connectivity index (χ0) is 13.8. The van der Waals surface area contributed by atoms with Crippen molar-refractivity contribution in [3.05, 3.63) is 55.8 Å². The largest absolute Gasteiger partial charge is 0.492 e. The number of anilines is 1. The molecule has 0 amide bonds. The van der Waals surface area contributed by atoms with Crippen LogP contribution in [0.1, 0.15) is 0 Å². The molecule has 0 fully saturated rings. The predicted molar refractivity (Wildman–Crippen MR) is 82.5 cm³/mol. The van der Waals surface area contributed by atoms with Gasteiger partial charge in [0.2, 0.25) is 0 Å². The van der Waals surface area contributed by atoms with E-state index in [9.17, 15) is 4.79 Å². The highest BCUT2D eigenvalue weighted by Crippen LogP contribution is 2.15. The van der Waals surface area contributed by atoms with Crippen molar-refractivity contribution in [3.63, 3.8) is 0 Å². The van der Waals surface area contributed by atoms with Crippen molar-refractivity contribution in [1.29, 1.82) is 0 Å². The van der Waals surface area contributed by atoms with Crippen molar-refractivity contribution in [3.8, 4) is 5.75 Å². The molecule has 1 aromatic carbocycles. The number of pyridine rings is 1. The number of nitrogens with zero attached hydrogens (tertiary/aromatic N) is 1. The summed E-state index contributed by atoms with van der Waals surface area (Å²) in [6.45, 7) is 0.859. The minimum atomic E-state index is -0.0839. The SMILES string of the molecule is Nc1cccc(OCCn2cc(Br)cc(Br)c2=O)c1. The Hall–Kier alpha value is -1.27. The van der Waals surface area contributed by atoms with Crippen molar-refractivity contribution >= 4 is 37.5 Å². The van der Waals surface area contributed by atoms with E-state index in [0.717, 1.165) is 4.47 Å². The van der Waals surface area contributed by atoms with E-state index in [1.807, 2.05) is 12.1 Å². The molecule has 0 aliphatic heterocycles. The van der Waals surface area contributed by atoms with Gasteiger partial charge in [-0.3, -0.25) is 4.79 Å². The minimum Gasteiger partial charge on any atom is -0.492 e. The molecule has 0 atom stereocenters. The van der Waals surface area contributed by atoms with Gasteiger partial charge < -0.3 is 15.0 Å². The van der Waals surface area contributed by atoms with Gasteiger partial charge in [-0.05, 0) is 50.1 Å². The summed E-state index contributed by atoms with van der Waals surface area (Å²) in [5.74, 6) is 0.696. The molecule has 100 valence electrons. The number of hydrogen-bond acceptors (Lipinski definition) is 3. The predicted octanol–water partition coefficient (Wildman–Crippen LogP) is 3.03. The smallest absolute Gasteiger partial charge is 0.265 e. The molecule has 0 saturated carbocycles. The summed E-state index contributed by atoms with van der Waals surface area (Å²) in [6.07, 6.45) is 1.73. The monoisotopic (exact) mass is 386 g/mol. The Morgan fingerprint density at radius 2 is 2.05 bits per heavy atom. The van der Waals surface area contributed by atoms with Crippen LogP contribution in [0.4, 0.5) is 5.69 Å². The maximum absolute atomic E-state index is 11.8. The Labute approximate surface area is 127 Å². The van der Waals surface area contributed by atoms with Gasteiger partial charge in [-0.1, -0.05) is 6.07 Å². The van der Waals surface area contributed by atoms with Crippen molar-refractivity contribution < 1.29 is 4.74 Å². The van der Waals surface area contributed by atoms with Crippen LogP contribution >= 0.6 is 31.9 Å². The topological polar surface area (TPSA) is 57.2 Å². The molecule has 0 radical (unpaired) electrons. The number of nitrogens with two attached hydrogens (primary N) is 1. The Bertz CT molecular complexity index is 641. The van der Waals surface area contributed by atoms with Crippen LogP contribution in [0.25, 0.3) is 0 Å². The molecular formula is C13H12Br2N2O2. The first-order valence-corrected chi connectivity index (χ1v) is 7.18. The van der Waals surface area contributed by atoms with Crippen LogP contribution in [0.15, 0.2) is 50.3 Å². The molecule has 2 rings (SSSR count). The Morgan fingerprint density at radius 3 is 2.79 bits per heavy atom. The summed E-state index contributed by atoms with van der Waals surface area (Å²) in [5.41, 5.74) is 6.23. The molecule has 0 bridgehead atoms. The Kier molecular flexibility index (Phi) is 4.66. The summed E-state index contributed by atoms with van der Waals surface area (Å²) >= 11 is 6.57. The van der Waals surface area contributed by atoms with Gasteiger partial charge in [0.1, 0.15) is 12.4 Å². The first kappa shape index (κ1) is 14.1. The fraction of sp³-hybridized carbons (Fsp3) is 0.154. The minimum absolute atomic E-state index is 0.0839. The van der Waals surface area contributed by atoms with Crippen molar-refractivity contribution in [1.82, 2.24) is 4.57 Å². The lowest BCUT2D eigenvalue weighted by Crippen LogP contribution is -2.23. The van der Waals surface area contributed by atoms with E-state index >= 15 is 0 Å². The van der Waals surface area contributed by atoms with Crippen molar-refractivity contribution in [2.45, 2.75) is 6.54 Å². The van der Waals surface area contributed by atoms with Crippen LogP contribution in [0.5, 0.6) is 5.75 Å². The fourth-order valence-electron chi connectivity index (χ4n) is 1.60. The molecular weight excluding hydrogens is 376 g/mol. The second-order valence-corrected chi connectivity index (χ2v) is 5.70. The molecule has 2 aromatic rings. The molecule has 1 aromatic heterocycles. The number of nitrogen functional groups attached to an aromatic ring is 1. The molecule has 4 nitrogen and oxygen atoms in total. The van der Waals surface area contributed by atoms with Crippen LogP contribution in [0.2, 0.25) is 0 Å². The zero-order valence-electron chi connectivity index (χ0n) is 9.98. The highest BCUT2D eigenvalue weighted by atomic mass is 79.9. The molecule has 0 aliphatic carbocycles. The number of hydrogen-bond donors (Lipinski definition) is 1. The quantitative estimate of drug-likeness (QED) is 0.820. The molecule has 0 unspecified atom stereocenters. The molecule has 0 aliphatic rings. The first-order chi connectivity index (χ1) is 9.06. The van der Waals surface area contributed by atoms with Crippen molar-refractivity contribution in [2.24, 2.45) is 0 Å². The highest BCUT2D eigenvalue weighted by Gasteiger charge is 2.03. The first-order valence-electron chi connectivity index (χ1n) is 5.60. The third kappa shape index (κ3) is 3.84. The van der Waals surface area contributed by atoms with Crippen LogP contribution in [-0.2, 0) is 6.54 Å². The number of aromatic nitrogens is 1. The van der Waals surface area contributed by atoms with E-state index in [1.165, 1.54) is 0 Å². The number of rotatable bonds is 4. The van der Waals surface area contributed by atoms with Crippen molar-refractivity contribution in [2.75, 3.05) is 12.3 Å². The highest BCUT2D eigenvalue weighted by molar-refractivity contribution is 9.11. The van der Waals surface area contributed by atoms with E-state index in [1.54, 1.807) is 29.0 Å². The number of halogens is 2. The lowest BCUT2D eigenvalue weighted by atomic mass is 10.3. The fourth-order valence-corrected chi connectivity index (χ4v) is 2.85. The maximum atomic E-state index is 11.8. The molecule has 0 saturated heterocycles. The second kappa shape index (κ2) is 6.25. The number of benzene rings is 1. The summed E-state index contributed by atoms with van der Waals surface area (Å²) < 4.78 is 8.49. The van der Waals surface area contributed by atoms with Crippen LogP contribution in [0, 0.1) is 0 Å². The van der Waals surface area contributed by atoms with Gasteiger partial charge in [0.05, 0.1) is 11.0 Å². The average molecular weight is 388 g/mol. The van der Waals surface area contributed by atoms with Gasteiger partial charge in [0.25, 0.3) is 5.56 Å². The van der Waals surface area contributed by atoms with E-state index in [4.69, 9.17) is 10.5 Å². The van der Waals surface area contributed by atoms with E-state index in [2.05, 4.69) is 31.9 Å². The lowest BCUT2D eigenvalue weighted by molar-refractivity contribution is 0.296. The summed E-state index contributed by atoms with van der Waals surface area (Å²) in [5, 5.41) is 0. The standard InChI is InChI=1S/C13H12Br2N2O2/c14-9-6-12(15)13(18)17(8-9)4-5-19-11-3-1-2-10(16)7-11/h1-3,6-8H,4-5,16H2. The van der Waals surface area contributed by atoms with Crippen LogP contribution < -0.4 is 16.0 Å². The van der Waals surface area contributed by atoms with E-state index in [0.29, 0.717) is 29.1 Å². The summed E-state index contributed by atoms with van der Waals surface area (Å²) in [6, 6.07) is 8.92. The second-order valence-electron chi connectivity index (χ2n) is 3.93. The Morgan fingerprint density at radius 1 is 1.26 bits per heavy atom. The average Bonchev–Trinajstić information content (AvgIpc) is 2.35.